The third-order valence-corrected chi connectivity index (χ3v) is 3.27. The van der Waals surface area contributed by atoms with Gasteiger partial charge in [0.25, 0.3) is 0 Å². The Morgan fingerprint density at radius 1 is 1.20 bits per heavy atom. The van der Waals surface area contributed by atoms with Crippen LogP contribution < -0.4 is 5.32 Å². The molecule has 0 bridgehead atoms. The normalized spacial score (nSPS) is 12.8. The molecular formula is C17H28FNO. The van der Waals surface area contributed by atoms with Crippen molar-refractivity contribution in [3.63, 3.8) is 0 Å². The number of ether oxygens (including phenoxy) is 1. The fraction of sp³-hybridized carbons (Fsp3) is 0.647. The summed E-state index contributed by atoms with van der Waals surface area (Å²) in [5.74, 6) is 0.364. The first-order valence-electron chi connectivity index (χ1n) is 7.68. The molecule has 1 aromatic carbocycles. The minimum absolute atomic E-state index is 0.169. The second kappa shape index (κ2) is 9.89. The lowest BCUT2D eigenvalue weighted by molar-refractivity contribution is 0.0683. The van der Waals surface area contributed by atoms with Crippen molar-refractivity contribution in [1.82, 2.24) is 5.32 Å². The van der Waals surface area contributed by atoms with E-state index in [2.05, 4.69) is 26.1 Å². The predicted molar refractivity (Wildman–Crippen MR) is 82.5 cm³/mol. The van der Waals surface area contributed by atoms with E-state index in [1.807, 2.05) is 12.1 Å². The highest BCUT2D eigenvalue weighted by atomic mass is 19.1. The van der Waals surface area contributed by atoms with Gasteiger partial charge in [0.2, 0.25) is 0 Å². The largest absolute Gasteiger partial charge is 0.379 e. The summed E-state index contributed by atoms with van der Waals surface area (Å²) in [5, 5.41) is 3.48. The zero-order chi connectivity index (χ0) is 14.8. The fourth-order valence-corrected chi connectivity index (χ4v) is 2.18. The van der Waals surface area contributed by atoms with E-state index in [9.17, 15) is 4.39 Å². The smallest absolute Gasteiger partial charge is 0.123 e. The maximum atomic E-state index is 12.9. The van der Waals surface area contributed by atoms with E-state index in [0.29, 0.717) is 5.92 Å². The van der Waals surface area contributed by atoms with Gasteiger partial charge in [0.05, 0.1) is 6.10 Å². The minimum atomic E-state index is -0.169. The first-order chi connectivity index (χ1) is 9.61. The molecule has 0 aliphatic heterocycles. The molecule has 0 fully saturated rings. The monoisotopic (exact) mass is 281 g/mol. The van der Waals surface area contributed by atoms with E-state index in [0.717, 1.165) is 39.0 Å². The first kappa shape index (κ1) is 17.1. The summed E-state index contributed by atoms with van der Waals surface area (Å²) in [6, 6.07) is 6.84. The fourth-order valence-electron chi connectivity index (χ4n) is 2.18. The molecule has 0 spiro atoms. The number of rotatable bonds is 10. The van der Waals surface area contributed by atoms with Crippen LogP contribution in [-0.2, 0) is 11.2 Å². The molecular weight excluding hydrogens is 253 g/mol. The van der Waals surface area contributed by atoms with Crippen LogP contribution in [0.25, 0.3) is 0 Å². The molecule has 1 unspecified atom stereocenters. The molecule has 0 radical (unpaired) electrons. The van der Waals surface area contributed by atoms with Crippen LogP contribution in [0, 0.1) is 11.7 Å². The molecule has 0 saturated heterocycles. The Morgan fingerprint density at radius 2 is 1.90 bits per heavy atom. The highest BCUT2D eigenvalue weighted by molar-refractivity contribution is 5.16. The summed E-state index contributed by atoms with van der Waals surface area (Å²) in [7, 11) is 0. The van der Waals surface area contributed by atoms with Crippen molar-refractivity contribution >= 4 is 0 Å². The third-order valence-electron chi connectivity index (χ3n) is 3.27. The van der Waals surface area contributed by atoms with Crippen LogP contribution in [0.5, 0.6) is 0 Å². The molecule has 0 amide bonds. The van der Waals surface area contributed by atoms with Crippen LogP contribution in [0.2, 0.25) is 0 Å². The highest BCUT2D eigenvalue weighted by Gasteiger charge is 2.10. The van der Waals surface area contributed by atoms with E-state index >= 15 is 0 Å². The highest BCUT2D eigenvalue weighted by Crippen LogP contribution is 2.13. The summed E-state index contributed by atoms with van der Waals surface area (Å²) < 4.78 is 18.6. The van der Waals surface area contributed by atoms with Crippen molar-refractivity contribution in [2.45, 2.75) is 46.1 Å². The molecule has 20 heavy (non-hydrogen) atoms. The Kier molecular flexibility index (Phi) is 8.47. The van der Waals surface area contributed by atoms with Crippen LogP contribution in [0.3, 0.4) is 0 Å². The molecule has 0 saturated carbocycles. The summed E-state index contributed by atoms with van der Waals surface area (Å²) in [5.41, 5.74) is 1.19. The van der Waals surface area contributed by atoms with Crippen LogP contribution >= 0.6 is 0 Å². The minimum Gasteiger partial charge on any atom is -0.379 e. The second-order valence-corrected chi connectivity index (χ2v) is 5.61. The summed E-state index contributed by atoms with van der Waals surface area (Å²) in [4.78, 5) is 0. The lowest BCUT2D eigenvalue weighted by Gasteiger charge is -2.18. The quantitative estimate of drug-likeness (QED) is 0.659. The molecule has 3 heteroatoms. The molecule has 0 heterocycles. The zero-order valence-corrected chi connectivity index (χ0v) is 13.0. The number of hydrogen-bond acceptors (Lipinski definition) is 2. The van der Waals surface area contributed by atoms with Gasteiger partial charge in [-0.25, -0.2) is 4.39 Å². The van der Waals surface area contributed by atoms with Gasteiger partial charge in [-0.15, -0.1) is 0 Å². The number of halogens is 1. The Hall–Kier alpha value is -0.930. The van der Waals surface area contributed by atoms with Crippen LogP contribution in [0.15, 0.2) is 24.3 Å². The molecule has 1 rings (SSSR count). The van der Waals surface area contributed by atoms with Gasteiger partial charge in [-0.1, -0.05) is 19.1 Å². The third kappa shape index (κ3) is 7.61. The summed E-state index contributed by atoms with van der Waals surface area (Å²) in [6.45, 7) is 9.12. The van der Waals surface area contributed by atoms with Gasteiger partial charge < -0.3 is 10.1 Å². The van der Waals surface area contributed by atoms with E-state index in [-0.39, 0.29) is 11.9 Å². The standard InChI is InChI=1S/C17H28FNO/c1-4-10-19-13-16(9-11-20-14(2)3)12-15-5-7-17(18)8-6-15/h5-8,14,16,19H,4,9-13H2,1-3H3. The molecule has 114 valence electrons. The van der Waals surface area contributed by atoms with Gasteiger partial charge in [-0.3, -0.25) is 0 Å². The van der Waals surface area contributed by atoms with E-state index in [4.69, 9.17) is 4.74 Å². The van der Waals surface area contributed by atoms with Gasteiger partial charge in [0.1, 0.15) is 5.82 Å². The SMILES string of the molecule is CCCNCC(CCOC(C)C)Cc1ccc(F)cc1. The molecule has 0 aliphatic rings. The van der Waals surface area contributed by atoms with Crippen molar-refractivity contribution in [3.05, 3.63) is 35.6 Å². The van der Waals surface area contributed by atoms with Crippen molar-refractivity contribution in [2.24, 2.45) is 5.92 Å². The van der Waals surface area contributed by atoms with E-state index in [1.54, 1.807) is 0 Å². The van der Waals surface area contributed by atoms with Gasteiger partial charge in [-0.05, 0) is 69.8 Å². The zero-order valence-electron chi connectivity index (χ0n) is 13.0. The van der Waals surface area contributed by atoms with E-state index in [1.165, 1.54) is 17.7 Å². The van der Waals surface area contributed by atoms with E-state index < -0.39 is 0 Å². The topological polar surface area (TPSA) is 21.3 Å². The molecule has 0 aliphatic carbocycles. The molecule has 1 aromatic rings. The summed E-state index contributed by atoms with van der Waals surface area (Å²) in [6.07, 6.45) is 3.43. The van der Waals surface area contributed by atoms with Gasteiger partial charge in [0, 0.05) is 6.61 Å². The van der Waals surface area contributed by atoms with Crippen molar-refractivity contribution in [2.75, 3.05) is 19.7 Å². The lowest BCUT2D eigenvalue weighted by atomic mass is 9.96. The molecule has 1 N–H and O–H groups in total. The van der Waals surface area contributed by atoms with Crippen LogP contribution in [-0.4, -0.2) is 25.8 Å². The van der Waals surface area contributed by atoms with Gasteiger partial charge in [0.15, 0.2) is 0 Å². The Morgan fingerprint density at radius 3 is 2.50 bits per heavy atom. The van der Waals surface area contributed by atoms with Crippen LogP contribution in [0.4, 0.5) is 4.39 Å². The second-order valence-electron chi connectivity index (χ2n) is 5.61. The van der Waals surface area contributed by atoms with Gasteiger partial charge >= 0.3 is 0 Å². The number of nitrogens with one attached hydrogen (secondary N) is 1. The first-order valence-corrected chi connectivity index (χ1v) is 7.68. The predicted octanol–water partition coefficient (Wildman–Crippen LogP) is 3.80. The maximum Gasteiger partial charge on any atom is 0.123 e. The average Bonchev–Trinajstić information content (AvgIpc) is 2.41. The summed E-state index contributed by atoms with van der Waals surface area (Å²) >= 11 is 0. The Balaban J connectivity index is 2.45. The molecule has 1 atom stereocenters. The molecule has 0 aromatic heterocycles. The number of hydrogen-bond donors (Lipinski definition) is 1. The molecule has 2 nitrogen and oxygen atoms in total. The van der Waals surface area contributed by atoms with Crippen LogP contribution in [0.1, 0.15) is 39.2 Å². The van der Waals surface area contributed by atoms with Gasteiger partial charge in [-0.2, -0.15) is 0 Å². The Labute approximate surface area is 122 Å². The van der Waals surface area contributed by atoms with Crippen molar-refractivity contribution in [3.8, 4) is 0 Å². The maximum absolute atomic E-state index is 12.9. The van der Waals surface area contributed by atoms with Crippen molar-refractivity contribution in [1.29, 1.82) is 0 Å². The average molecular weight is 281 g/mol. The van der Waals surface area contributed by atoms with Crippen molar-refractivity contribution < 1.29 is 9.13 Å². The Bertz CT molecular complexity index is 351. The lowest BCUT2D eigenvalue weighted by Crippen LogP contribution is -2.26. The number of benzene rings is 1.